The maximum absolute atomic E-state index is 13.5. The number of thioether (sulfide) groups is 1. The Morgan fingerprint density at radius 3 is 2.59 bits per heavy atom. The van der Waals surface area contributed by atoms with Gasteiger partial charge in [-0.2, -0.15) is 11.8 Å². The maximum Gasteiger partial charge on any atom is 0.190 e. The van der Waals surface area contributed by atoms with Crippen LogP contribution in [0.15, 0.2) is 23.2 Å². The summed E-state index contributed by atoms with van der Waals surface area (Å²) in [5, 5.41) is 6.30. The van der Waals surface area contributed by atoms with Crippen molar-refractivity contribution in [3.8, 4) is 0 Å². The third kappa shape index (κ3) is 8.77. The molecule has 0 aliphatic rings. The minimum absolute atomic E-state index is 0. The molecule has 0 fully saturated rings. The van der Waals surface area contributed by atoms with Crippen molar-refractivity contribution in [2.75, 3.05) is 32.1 Å². The highest BCUT2D eigenvalue weighted by Crippen LogP contribution is 2.09. The molecule has 1 aromatic rings. The zero-order valence-electron chi connectivity index (χ0n) is 13.0. The van der Waals surface area contributed by atoms with Crippen molar-refractivity contribution in [2.24, 2.45) is 4.99 Å². The summed E-state index contributed by atoms with van der Waals surface area (Å²) >= 11 is 1.84. The molecule has 0 heterocycles. The van der Waals surface area contributed by atoms with Gasteiger partial charge in [-0.1, -0.05) is 0 Å². The summed E-state index contributed by atoms with van der Waals surface area (Å²) in [7, 11) is 1.69. The van der Waals surface area contributed by atoms with Crippen molar-refractivity contribution >= 4 is 41.7 Å². The number of aliphatic imine (C=N–C) groups is 1. The van der Waals surface area contributed by atoms with E-state index in [2.05, 4.69) is 21.9 Å². The number of rotatable bonds is 8. The zero-order valence-corrected chi connectivity index (χ0v) is 16.1. The Morgan fingerprint density at radius 2 is 1.91 bits per heavy atom. The third-order valence-electron chi connectivity index (χ3n) is 2.99. The largest absolute Gasteiger partial charge is 0.356 e. The first kappa shape index (κ1) is 21.4. The van der Waals surface area contributed by atoms with E-state index in [0.29, 0.717) is 24.5 Å². The third-order valence-corrected chi connectivity index (χ3v) is 3.68. The quantitative estimate of drug-likeness (QED) is 0.280. The van der Waals surface area contributed by atoms with E-state index in [1.54, 1.807) is 7.05 Å². The highest BCUT2D eigenvalue weighted by molar-refractivity contribution is 14.0. The van der Waals surface area contributed by atoms with Crippen LogP contribution in [0.1, 0.15) is 18.4 Å². The molecule has 0 bridgehead atoms. The Balaban J connectivity index is 0.00000441. The number of unbranched alkanes of at least 4 members (excludes halogenated alkanes) is 1. The molecular formula is C15H24F2IN3S. The van der Waals surface area contributed by atoms with Crippen molar-refractivity contribution in [1.29, 1.82) is 0 Å². The highest BCUT2D eigenvalue weighted by atomic mass is 127. The molecule has 0 saturated carbocycles. The topological polar surface area (TPSA) is 36.4 Å². The summed E-state index contributed by atoms with van der Waals surface area (Å²) in [6.07, 6.45) is 4.76. The van der Waals surface area contributed by atoms with E-state index < -0.39 is 5.82 Å². The second kappa shape index (κ2) is 12.9. The van der Waals surface area contributed by atoms with E-state index in [1.807, 2.05) is 11.8 Å². The van der Waals surface area contributed by atoms with Crippen LogP contribution in [0.25, 0.3) is 0 Å². The molecule has 2 N–H and O–H groups in total. The molecule has 126 valence electrons. The Labute approximate surface area is 152 Å². The predicted molar refractivity (Wildman–Crippen MR) is 102 cm³/mol. The summed E-state index contributed by atoms with van der Waals surface area (Å²) in [6.45, 7) is 1.36. The zero-order chi connectivity index (χ0) is 15.5. The van der Waals surface area contributed by atoms with Crippen molar-refractivity contribution in [3.63, 3.8) is 0 Å². The van der Waals surface area contributed by atoms with E-state index >= 15 is 0 Å². The molecule has 1 aromatic carbocycles. The first-order valence-electron chi connectivity index (χ1n) is 7.04. The molecule has 0 unspecified atom stereocenters. The van der Waals surface area contributed by atoms with E-state index in [4.69, 9.17) is 0 Å². The normalized spacial score (nSPS) is 11.0. The molecule has 0 amide bonds. The molecule has 3 nitrogen and oxygen atoms in total. The van der Waals surface area contributed by atoms with Crippen LogP contribution >= 0.6 is 35.7 Å². The molecule has 0 radical (unpaired) electrons. The fourth-order valence-electron chi connectivity index (χ4n) is 1.85. The molecule has 0 aliphatic heterocycles. The minimum atomic E-state index is -0.414. The van der Waals surface area contributed by atoms with Gasteiger partial charge in [0, 0.05) is 20.1 Å². The van der Waals surface area contributed by atoms with Crippen LogP contribution in [0.2, 0.25) is 0 Å². The van der Waals surface area contributed by atoms with Crippen LogP contribution in [0.5, 0.6) is 0 Å². The van der Waals surface area contributed by atoms with Gasteiger partial charge in [0.15, 0.2) is 5.96 Å². The van der Waals surface area contributed by atoms with E-state index in [1.165, 1.54) is 12.5 Å². The van der Waals surface area contributed by atoms with Gasteiger partial charge < -0.3 is 10.6 Å². The van der Waals surface area contributed by atoms with Gasteiger partial charge in [-0.25, -0.2) is 8.78 Å². The van der Waals surface area contributed by atoms with Crippen LogP contribution < -0.4 is 10.6 Å². The molecule has 0 spiro atoms. The van der Waals surface area contributed by atoms with Crippen molar-refractivity contribution < 1.29 is 8.78 Å². The maximum atomic E-state index is 13.5. The van der Waals surface area contributed by atoms with Gasteiger partial charge in [0.1, 0.15) is 11.6 Å². The van der Waals surface area contributed by atoms with Crippen molar-refractivity contribution in [2.45, 2.75) is 19.3 Å². The standard InChI is InChI=1S/C15H23F2N3S.HI/c1-18-15(19-8-3-4-10-21-2)20-9-7-12-11-13(16)5-6-14(12)17;/h5-6,11H,3-4,7-10H2,1-2H3,(H2,18,19,20);1H. The van der Waals surface area contributed by atoms with Gasteiger partial charge in [0.05, 0.1) is 0 Å². The SMILES string of the molecule is CN=C(NCCCCSC)NCCc1cc(F)ccc1F.I. The van der Waals surface area contributed by atoms with Crippen LogP contribution in [-0.4, -0.2) is 38.1 Å². The van der Waals surface area contributed by atoms with Gasteiger partial charge in [0.2, 0.25) is 0 Å². The van der Waals surface area contributed by atoms with Crippen LogP contribution in [0, 0.1) is 11.6 Å². The highest BCUT2D eigenvalue weighted by Gasteiger charge is 2.04. The van der Waals surface area contributed by atoms with E-state index in [9.17, 15) is 8.78 Å². The monoisotopic (exact) mass is 443 g/mol. The summed E-state index contributed by atoms with van der Waals surface area (Å²) in [6, 6.07) is 3.51. The number of benzene rings is 1. The molecule has 22 heavy (non-hydrogen) atoms. The molecule has 1 rings (SSSR count). The summed E-state index contributed by atoms with van der Waals surface area (Å²) < 4.78 is 26.5. The van der Waals surface area contributed by atoms with Gasteiger partial charge in [-0.05, 0) is 55.0 Å². The summed E-state index contributed by atoms with van der Waals surface area (Å²) in [5.74, 6) is 1.06. The number of hydrogen-bond donors (Lipinski definition) is 2. The first-order valence-corrected chi connectivity index (χ1v) is 8.44. The van der Waals surface area contributed by atoms with E-state index in [-0.39, 0.29) is 29.8 Å². The number of guanidine groups is 1. The predicted octanol–water partition coefficient (Wildman–Crippen LogP) is 3.43. The van der Waals surface area contributed by atoms with Gasteiger partial charge in [-0.3, -0.25) is 4.99 Å². The Morgan fingerprint density at radius 1 is 1.18 bits per heavy atom. The lowest BCUT2D eigenvalue weighted by Gasteiger charge is -2.12. The fraction of sp³-hybridized carbons (Fsp3) is 0.533. The van der Waals surface area contributed by atoms with Gasteiger partial charge >= 0.3 is 0 Å². The number of nitrogens with one attached hydrogen (secondary N) is 2. The lowest BCUT2D eigenvalue weighted by Crippen LogP contribution is -2.38. The molecular weight excluding hydrogens is 419 g/mol. The smallest absolute Gasteiger partial charge is 0.190 e. The summed E-state index contributed by atoms with van der Waals surface area (Å²) in [5.41, 5.74) is 0.373. The Hall–Kier alpha value is -0.570. The van der Waals surface area contributed by atoms with E-state index in [0.717, 1.165) is 30.9 Å². The second-order valence-corrected chi connectivity index (χ2v) is 5.60. The molecule has 0 saturated heterocycles. The number of halogens is 3. The van der Waals surface area contributed by atoms with Crippen LogP contribution in [0.4, 0.5) is 8.78 Å². The van der Waals surface area contributed by atoms with Gasteiger partial charge in [-0.15, -0.1) is 24.0 Å². The minimum Gasteiger partial charge on any atom is -0.356 e. The lowest BCUT2D eigenvalue weighted by molar-refractivity contribution is 0.583. The molecule has 0 atom stereocenters. The molecule has 0 aromatic heterocycles. The van der Waals surface area contributed by atoms with Crippen LogP contribution in [0.3, 0.4) is 0 Å². The number of nitrogens with zero attached hydrogens (tertiary/aromatic N) is 1. The Kier molecular flexibility index (Phi) is 12.6. The molecule has 0 aliphatic carbocycles. The average molecular weight is 443 g/mol. The fourth-order valence-corrected chi connectivity index (χ4v) is 2.34. The number of hydrogen-bond acceptors (Lipinski definition) is 2. The average Bonchev–Trinajstić information content (AvgIpc) is 2.48. The van der Waals surface area contributed by atoms with Crippen molar-refractivity contribution in [3.05, 3.63) is 35.4 Å². The van der Waals surface area contributed by atoms with Crippen LogP contribution in [-0.2, 0) is 6.42 Å². The Bertz CT molecular complexity index is 458. The summed E-state index contributed by atoms with van der Waals surface area (Å²) in [4.78, 5) is 4.10. The first-order chi connectivity index (χ1) is 10.2. The lowest BCUT2D eigenvalue weighted by atomic mass is 10.1. The van der Waals surface area contributed by atoms with Crippen molar-refractivity contribution in [1.82, 2.24) is 10.6 Å². The van der Waals surface area contributed by atoms with Gasteiger partial charge in [0.25, 0.3) is 0 Å². The molecule has 7 heteroatoms. The second-order valence-electron chi connectivity index (χ2n) is 4.61.